The highest BCUT2D eigenvalue weighted by Crippen LogP contribution is 2.22. The average Bonchev–Trinajstić information content (AvgIpc) is 3.02. The molecule has 2 fully saturated rings. The van der Waals surface area contributed by atoms with Gasteiger partial charge in [0.1, 0.15) is 0 Å². The standard InChI is InChI=1S/C18H30N4O2/c1-14(2)12-16-19-17(24-20-16)13-21-10-6-15(7-11-21)18(23)22-8-4-3-5-9-22/h14-15H,3-13H2,1-2H3. The van der Waals surface area contributed by atoms with Crippen molar-refractivity contribution in [1.29, 1.82) is 0 Å². The summed E-state index contributed by atoms with van der Waals surface area (Å²) in [6.45, 7) is 8.80. The van der Waals surface area contributed by atoms with Crippen LogP contribution in [0.15, 0.2) is 4.52 Å². The molecule has 2 aliphatic rings. The SMILES string of the molecule is CC(C)Cc1noc(CN2CCC(C(=O)N3CCCCC3)CC2)n1. The molecule has 3 rings (SSSR count). The van der Waals surface area contributed by atoms with Gasteiger partial charge in [-0.15, -0.1) is 0 Å². The molecule has 0 aromatic carbocycles. The molecule has 0 spiro atoms. The lowest BCUT2D eigenvalue weighted by molar-refractivity contribution is -0.138. The van der Waals surface area contributed by atoms with Crippen LogP contribution in [0.25, 0.3) is 0 Å². The van der Waals surface area contributed by atoms with Crippen LogP contribution in [-0.4, -0.2) is 52.0 Å². The van der Waals surface area contributed by atoms with Crippen molar-refractivity contribution in [3.63, 3.8) is 0 Å². The molecule has 2 saturated heterocycles. The first-order valence-electron chi connectivity index (χ1n) is 9.44. The van der Waals surface area contributed by atoms with Crippen molar-refractivity contribution >= 4 is 5.91 Å². The Morgan fingerprint density at radius 2 is 1.88 bits per heavy atom. The van der Waals surface area contributed by atoms with E-state index in [9.17, 15) is 4.79 Å². The predicted molar refractivity (Wildman–Crippen MR) is 91.3 cm³/mol. The fourth-order valence-electron chi connectivity index (χ4n) is 3.70. The highest BCUT2D eigenvalue weighted by molar-refractivity contribution is 5.79. The van der Waals surface area contributed by atoms with E-state index < -0.39 is 0 Å². The largest absolute Gasteiger partial charge is 0.342 e. The Morgan fingerprint density at radius 3 is 2.54 bits per heavy atom. The third kappa shape index (κ3) is 4.56. The summed E-state index contributed by atoms with van der Waals surface area (Å²) in [6.07, 6.45) is 6.35. The molecule has 6 nitrogen and oxygen atoms in total. The van der Waals surface area contributed by atoms with Gasteiger partial charge >= 0.3 is 0 Å². The zero-order chi connectivity index (χ0) is 16.9. The third-order valence-electron chi connectivity index (χ3n) is 5.06. The van der Waals surface area contributed by atoms with Crippen molar-refractivity contribution in [3.8, 4) is 0 Å². The van der Waals surface area contributed by atoms with Crippen LogP contribution in [0.4, 0.5) is 0 Å². The van der Waals surface area contributed by atoms with E-state index in [1.807, 2.05) is 0 Å². The van der Waals surface area contributed by atoms with Gasteiger partial charge < -0.3 is 9.42 Å². The summed E-state index contributed by atoms with van der Waals surface area (Å²) in [5.41, 5.74) is 0. The van der Waals surface area contributed by atoms with Crippen molar-refractivity contribution in [2.75, 3.05) is 26.2 Å². The van der Waals surface area contributed by atoms with E-state index in [1.54, 1.807) is 0 Å². The number of amides is 1. The quantitative estimate of drug-likeness (QED) is 0.828. The number of hydrogen-bond acceptors (Lipinski definition) is 5. The van der Waals surface area contributed by atoms with Gasteiger partial charge in [-0.25, -0.2) is 0 Å². The van der Waals surface area contributed by atoms with Crippen LogP contribution in [0, 0.1) is 11.8 Å². The lowest BCUT2D eigenvalue weighted by Crippen LogP contribution is -2.44. The first-order valence-corrected chi connectivity index (χ1v) is 9.44. The van der Waals surface area contributed by atoms with E-state index >= 15 is 0 Å². The molecule has 0 aliphatic carbocycles. The molecule has 1 aromatic heterocycles. The number of piperidine rings is 2. The molecule has 2 aliphatic heterocycles. The Labute approximate surface area is 144 Å². The maximum atomic E-state index is 12.6. The molecule has 0 unspecified atom stereocenters. The molecule has 3 heterocycles. The predicted octanol–water partition coefficient (Wildman–Crippen LogP) is 2.49. The molecule has 0 atom stereocenters. The smallest absolute Gasteiger partial charge is 0.240 e. The Kier molecular flexibility index (Phi) is 5.87. The second-order valence-corrected chi connectivity index (χ2v) is 7.64. The lowest BCUT2D eigenvalue weighted by atomic mass is 9.94. The Hall–Kier alpha value is -1.43. The monoisotopic (exact) mass is 334 g/mol. The fourth-order valence-corrected chi connectivity index (χ4v) is 3.70. The number of hydrogen-bond donors (Lipinski definition) is 0. The van der Waals surface area contributed by atoms with E-state index in [2.05, 4.69) is 33.8 Å². The van der Waals surface area contributed by atoms with Crippen LogP contribution in [0.5, 0.6) is 0 Å². The number of rotatable bonds is 5. The van der Waals surface area contributed by atoms with Gasteiger partial charge in [-0.05, 0) is 51.1 Å². The minimum Gasteiger partial charge on any atom is -0.342 e. The number of likely N-dealkylation sites (tertiary alicyclic amines) is 2. The van der Waals surface area contributed by atoms with Gasteiger partial charge in [-0.1, -0.05) is 19.0 Å². The minimum absolute atomic E-state index is 0.207. The number of carbonyl (C=O) groups excluding carboxylic acids is 1. The van der Waals surface area contributed by atoms with Crippen molar-refractivity contribution in [3.05, 3.63) is 11.7 Å². The molecule has 0 saturated carbocycles. The molecule has 0 N–H and O–H groups in total. The first-order chi connectivity index (χ1) is 11.6. The van der Waals surface area contributed by atoms with Crippen LogP contribution >= 0.6 is 0 Å². The second-order valence-electron chi connectivity index (χ2n) is 7.64. The van der Waals surface area contributed by atoms with Gasteiger partial charge in [0.05, 0.1) is 6.54 Å². The van der Waals surface area contributed by atoms with Crippen molar-refractivity contribution in [2.24, 2.45) is 11.8 Å². The van der Waals surface area contributed by atoms with Gasteiger partial charge in [-0.2, -0.15) is 4.98 Å². The van der Waals surface area contributed by atoms with Crippen molar-refractivity contribution in [1.82, 2.24) is 19.9 Å². The first kappa shape index (κ1) is 17.4. The average molecular weight is 334 g/mol. The highest BCUT2D eigenvalue weighted by atomic mass is 16.5. The van der Waals surface area contributed by atoms with Gasteiger partial charge in [0.2, 0.25) is 11.8 Å². The zero-order valence-electron chi connectivity index (χ0n) is 15.0. The summed E-state index contributed by atoms with van der Waals surface area (Å²) in [4.78, 5) is 21.5. The van der Waals surface area contributed by atoms with Crippen molar-refractivity contribution in [2.45, 2.75) is 58.9 Å². The van der Waals surface area contributed by atoms with E-state index in [0.717, 1.165) is 51.3 Å². The molecular formula is C18H30N4O2. The summed E-state index contributed by atoms with van der Waals surface area (Å²) in [5.74, 6) is 2.62. The molecule has 6 heteroatoms. The Morgan fingerprint density at radius 1 is 1.17 bits per heavy atom. The van der Waals surface area contributed by atoms with E-state index in [0.29, 0.717) is 24.3 Å². The van der Waals surface area contributed by atoms with Gasteiger partial charge in [0.25, 0.3) is 0 Å². The number of carbonyl (C=O) groups is 1. The second kappa shape index (κ2) is 8.10. The van der Waals surface area contributed by atoms with Crippen LogP contribution in [-0.2, 0) is 17.8 Å². The molecule has 0 bridgehead atoms. The maximum absolute atomic E-state index is 12.6. The Bertz CT molecular complexity index is 529. The number of aromatic nitrogens is 2. The maximum Gasteiger partial charge on any atom is 0.240 e. The zero-order valence-corrected chi connectivity index (χ0v) is 15.0. The fraction of sp³-hybridized carbons (Fsp3) is 0.833. The lowest BCUT2D eigenvalue weighted by Gasteiger charge is -2.35. The number of nitrogens with zero attached hydrogens (tertiary/aromatic N) is 4. The summed E-state index contributed by atoms with van der Waals surface area (Å²) in [7, 11) is 0. The van der Waals surface area contributed by atoms with E-state index in [4.69, 9.17) is 4.52 Å². The van der Waals surface area contributed by atoms with Crippen LogP contribution in [0.1, 0.15) is 57.7 Å². The molecule has 134 valence electrons. The van der Waals surface area contributed by atoms with E-state index in [1.165, 1.54) is 19.3 Å². The Balaban J connectivity index is 1.44. The molecule has 0 radical (unpaired) electrons. The van der Waals surface area contributed by atoms with Crippen LogP contribution in [0.3, 0.4) is 0 Å². The summed E-state index contributed by atoms with van der Waals surface area (Å²) in [5, 5.41) is 4.05. The van der Waals surface area contributed by atoms with Crippen LogP contribution < -0.4 is 0 Å². The topological polar surface area (TPSA) is 62.5 Å². The normalized spacial score (nSPS) is 20.7. The molecular weight excluding hydrogens is 304 g/mol. The molecule has 24 heavy (non-hydrogen) atoms. The highest BCUT2D eigenvalue weighted by Gasteiger charge is 2.29. The summed E-state index contributed by atoms with van der Waals surface area (Å²) >= 11 is 0. The van der Waals surface area contributed by atoms with E-state index in [-0.39, 0.29) is 5.92 Å². The third-order valence-corrected chi connectivity index (χ3v) is 5.06. The summed E-state index contributed by atoms with van der Waals surface area (Å²) < 4.78 is 5.36. The van der Waals surface area contributed by atoms with Gasteiger partial charge in [0, 0.05) is 25.4 Å². The summed E-state index contributed by atoms with van der Waals surface area (Å²) in [6, 6.07) is 0. The van der Waals surface area contributed by atoms with Gasteiger partial charge in [0.15, 0.2) is 5.82 Å². The minimum atomic E-state index is 0.207. The molecule has 1 amide bonds. The molecule has 1 aromatic rings. The van der Waals surface area contributed by atoms with Crippen molar-refractivity contribution < 1.29 is 9.32 Å². The van der Waals surface area contributed by atoms with Gasteiger partial charge in [-0.3, -0.25) is 9.69 Å². The van der Waals surface area contributed by atoms with Crippen LogP contribution in [0.2, 0.25) is 0 Å².